The van der Waals surface area contributed by atoms with Crippen LogP contribution >= 0.6 is 0 Å². The molecule has 0 aliphatic carbocycles. The van der Waals surface area contributed by atoms with E-state index in [1.165, 1.54) is 30.7 Å². The maximum Gasteiger partial charge on any atom is 0.217 e. The van der Waals surface area contributed by atoms with E-state index in [9.17, 15) is 14.4 Å². The lowest BCUT2D eigenvalue weighted by molar-refractivity contribution is 1.26. The van der Waals surface area contributed by atoms with Crippen LogP contribution in [0.3, 0.4) is 0 Å². The third kappa shape index (κ3) is 1.98. The molecule has 0 bridgehead atoms. The average Bonchev–Trinajstić information content (AvgIpc) is 2.56. The summed E-state index contributed by atoms with van der Waals surface area (Å²) in [5.74, 6) is 0. The third-order valence-corrected chi connectivity index (χ3v) is 3.67. The first-order valence-corrected chi connectivity index (χ1v) is 6.86. The molecule has 4 rings (SSSR count). The van der Waals surface area contributed by atoms with Crippen molar-refractivity contribution in [1.82, 2.24) is 19.9 Å². The van der Waals surface area contributed by atoms with E-state index in [1.807, 2.05) is 0 Å². The molecular formula is C16H10N4O3. The molecule has 0 aromatic carbocycles. The summed E-state index contributed by atoms with van der Waals surface area (Å²) in [4.78, 5) is 49.3. The maximum absolute atomic E-state index is 12.6. The maximum atomic E-state index is 12.6. The standard InChI is InChI=1S/C16H10N4O3/c21-11-3-5-18-14-12(22)6-10(20-15(11)14)8-7-19-9-2-1-4-17-13(9)16(8)23/h1-7H,(H,18,21)(H,19,23)(H,20,22). The first-order chi connectivity index (χ1) is 11.1. The molecule has 4 aromatic rings. The van der Waals surface area contributed by atoms with Crippen molar-refractivity contribution in [1.29, 1.82) is 0 Å². The van der Waals surface area contributed by atoms with Crippen molar-refractivity contribution in [3.8, 4) is 11.3 Å². The van der Waals surface area contributed by atoms with Gasteiger partial charge in [-0.2, -0.15) is 0 Å². The molecule has 0 fully saturated rings. The van der Waals surface area contributed by atoms with Gasteiger partial charge in [-0.25, -0.2) is 0 Å². The summed E-state index contributed by atoms with van der Waals surface area (Å²) in [6.07, 6.45) is 4.43. The number of hydrogen-bond donors (Lipinski definition) is 3. The highest BCUT2D eigenvalue weighted by molar-refractivity contribution is 5.81. The Morgan fingerprint density at radius 3 is 2.70 bits per heavy atom. The molecule has 0 saturated heterocycles. The number of aromatic amines is 3. The van der Waals surface area contributed by atoms with Crippen LogP contribution in [0, 0.1) is 0 Å². The minimum absolute atomic E-state index is 0.135. The Kier molecular flexibility index (Phi) is 2.74. The molecule has 3 N–H and O–H groups in total. The molecule has 23 heavy (non-hydrogen) atoms. The van der Waals surface area contributed by atoms with Crippen LogP contribution in [0.4, 0.5) is 0 Å². The number of H-pyrrole nitrogens is 3. The number of nitrogens with one attached hydrogen (secondary N) is 3. The predicted molar refractivity (Wildman–Crippen MR) is 86.5 cm³/mol. The van der Waals surface area contributed by atoms with Gasteiger partial charge >= 0.3 is 0 Å². The molecule has 4 heterocycles. The first-order valence-electron chi connectivity index (χ1n) is 6.86. The topological polar surface area (TPSA) is 111 Å². The second kappa shape index (κ2) is 4.77. The average molecular weight is 306 g/mol. The Morgan fingerprint density at radius 1 is 0.957 bits per heavy atom. The second-order valence-electron chi connectivity index (χ2n) is 5.07. The Bertz CT molecular complexity index is 1230. The van der Waals surface area contributed by atoms with Gasteiger partial charge in [0.1, 0.15) is 16.6 Å². The van der Waals surface area contributed by atoms with Crippen molar-refractivity contribution in [2.24, 2.45) is 0 Å². The quantitative estimate of drug-likeness (QED) is 0.489. The van der Waals surface area contributed by atoms with E-state index in [1.54, 1.807) is 12.1 Å². The van der Waals surface area contributed by atoms with Crippen molar-refractivity contribution in [2.75, 3.05) is 0 Å². The molecule has 7 heteroatoms. The lowest BCUT2D eigenvalue weighted by Crippen LogP contribution is -2.15. The molecule has 112 valence electrons. The Hall–Kier alpha value is -3.48. The Morgan fingerprint density at radius 2 is 1.83 bits per heavy atom. The van der Waals surface area contributed by atoms with Gasteiger partial charge in [0.25, 0.3) is 0 Å². The SMILES string of the molecule is O=c1c(-c2cc(=O)c3[nH]ccc(=O)c3[nH]2)c[nH]c2cccnc12. The number of fused-ring (bicyclic) bond motifs is 2. The van der Waals surface area contributed by atoms with Crippen molar-refractivity contribution >= 4 is 22.1 Å². The lowest BCUT2D eigenvalue weighted by Gasteiger charge is -2.05. The van der Waals surface area contributed by atoms with E-state index >= 15 is 0 Å². The van der Waals surface area contributed by atoms with E-state index in [4.69, 9.17) is 0 Å². The summed E-state index contributed by atoms with van der Waals surface area (Å²) in [6.45, 7) is 0. The van der Waals surface area contributed by atoms with Crippen LogP contribution in [0.1, 0.15) is 0 Å². The van der Waals surface area contributed by atoms with Gasteiger partial charge in [0.15, 0.2) is 0 Å². The number of nitrogens with zero attached hydrogens (tertiary/aromatic N) is 1. The van der Waals surface area contributed by atoms with Crippen molar-refractivity contribution in [3.05, 3.63) is 73.5 Å². The van der Waals surface area contributed by atoms with E-state index in [0.29, 0.717) is 5.52 Å². The van der Waals surface area contributed by atoms with Crippen LogP contribution in [0.2, 0.25) is 0 Å². The van der Waals surface area contributed by atoms with Gasteiger partial charge in [-0.1, -0.05) is 0 Å². The van der Waals surface area contributed by atoms with Crippen molar-refractivity contribution in [2.45, 2.75) is 0 Å². The van der Waals surface area contributed by atoms with Crippen LogP contribution in [0.25, 0.3) is 33.3 Å². The van der Waals surface area contributed by atoms with E-state index in [2.05, 4.69) is 19.9 Å². The predicted octanol–water partition coefficient (Wildman–Crippen LogP) is 1.12. The highest BCUT2D eigenvalue weighted by Gasteiger charge is 2.12. The smallest absolute Gasteiger partial charge is 0.217 e. The van der Waals surface area contributed by atoms with Gasteiger partial charge in [-0.05, 0) is 12.1 Å². The highest BCUT2D eigenvalue weighted by Crippen LogP contribution is 2.14. The molecule has 0 atom stereocenters. The first kappa shape index (κ1) is 13.2. The van der Waals surface area contributed by atoms with Crippen LogP contribution in [-0.2, 0) is 0 Å². The number of hydrogen-bond acceptors (Lipinski definition) is 4. The minimum Gasteiger partial charge on any atom is -0.359 e. The molecule has 0 saturated carbocycles. The summed E-state index contributed by atoms with van der Waals surface area (Å²) < 4.78 is 0. The molecule has 0 aliphatic heterocycles. The molecular weight excluding hydrogens is 296 g/mol. The van der Waals surface area contributed by atoms with E-state index < -0.39 is 0 Å². The van der Waals surface area contributed by atoms with Gasteiger partial charge < -0.3 is 15.0 Å². The summed E-state index contributed by atoms with van der Waals surface area (Å²) >= 11 is 0. The monoisotopic (exact) mass is 306 g/mol. The minimum atomic E-state index is -0.369. The fourth-order valence-corrected chi connectivity index (χ4v) is 2.56. The largest absolute Gasteiger partial charge is 0.359 e. The van der Waals surface area contributed by atoms with Crippen molar-refractivity contribution in [3.63, 3.8) is 0 Å². The van der Waals surface area contributed by atoms with Crippen LogP contribution in [0.15, 0.2) is 57.2 Å². The van der Waals surface area contributed by atoms with Crippen LogP contribution < -0.4 is 16.3 Å². The van der Waals surface area contributed by atoms with Gasteiger partial charge in [0.2, 0.25) is 16.3 Å². The zero-order valence-corrected chi connectivity index (χ0v) is 11.7. The molecule has 4 aromatic heterocycles. The summed E-state index contributed by atoms with van der Waals surface area (Å²) in [7, 11) is 0. The lowest BCUT2D eigenvalue weighted by atomic mass is 10.1. The zero-order chi connectivity index (χ0) is 16.0. The van der Waals surface area contributed by atoms with Gasteiger partial charge in [-0.15, -0.1) is 0 Å². The van der Waals surface area contributed by atoms with Gasteiger partial charge in [0.05, 0.1) is 16.8 Å². The Balaban J connectivity index is 2.09. The second-order valence-corrected chi connectivity index (χ2v) is 5.07. The Labute approximate surface area is 127 Å². The molecule has 0 radical (unpaired) electrons. The molecule has 0 aliphatic rings. The summed E-state index contributed by atoms with van der Waals surface area (Å²) in [6, 6.07) is 6.06. The zero-order valence-electron chi connectivity index (χ0n) is 11.7. The molecule has 0 amide bonds. The van der Waals surface area contributed by atoms with Crippen LogP contribution in [-0.4, -0.2) is 19.9 Å². The molecule has 7 nitrogen and oxygen atoms in total. The van der Waals surface area contributed by atoms with E-state index in [-0.39, 0.29) is 44.1 Å². The van der Waals surface area contributed by atoms with Crippen molar-refractivity contribution < 1.29 is 0 Å². The highest BCUT2D eigenvalue weighted by atomic mass is 16.1. The fraction of sp³-hybridized carbons (Fsp3) is 0. The van der Waals surface area contributed by atoms with Gasteiger partial charge in [0, 0.05) is 30.7 Å². The third-order valence-electron chi connectivity index (χ3n) is 3.67. The normalized spacial score (nSPS) is 11.1. The summed E-state index contributed by atoms with van der Waals surface area (Å²) in [5, 5.41) is 0. The number of pyridine rings is 4. The van der Waals surface area contributed by atoms with Gasteiger partial charge in [-0.3, -0.25) is 19.4 Å². The fourth-order valence-electron chi connectivity index (χ4n) is 2.56. The number of rotatable bonds is 1. The number of aromatic nitrogens is 4. The summed E-state index contributed by atoms with van der Waals surface area (Å²) in [5.41, 5.74) is 0.690. The van der Waals surface area contributed by atoms with Crippen LogP contribution in [0.5, 0.6) is 0 Å². The molecule has 0 unspecified atom stereocenters. The molecule has 0 spiro atoms. The van der Waals surface area contributed by atoms with E-state index in [0.717, 1.165) is 0 Å².